The van der Waals surface area contributed by atoms with Gasteiger partial charge in [-0.15, -0.1) is 0 Å². The van der Waals surface area contributed by atoms with Crippen molar-refractivity contribution < 1.29 is 19.4 Å². The van der Waals surface area contributed by atoms with Crippen molar-refractivity contribution in [2.45, 2.75) is 31.8 Å². The predicted octanol–water partition coefficient (Wildman–Crippen LogP) is 1.67. The summed E-state index contributed by atoms with van der Waals surface area (Å²) in [6.07, 6.45) is 0.485. The molecule has 0 aliphatic carbocycles. The molecular weight excluding hydrogens is 260 g/mol. The molecule has 0 saturated carbocycles. The number of hydrogen-bond donors (Lipinski definition) is 3. The number of amides is 2. The van der Waals surface area contributed by atoms with E-state index >= 15 is 0 Å². The molecule has 0 saturated heterocycles. The second-order valence-corrected chi connectivity index (χ2v) is 4.72. The molecule has 0 fully saturated rings. The van der Waals surface area contributed by atoms with Gasteiger partial charge in [-0.2, -0.15) is 0 Å². The molecule has 1 aliphatic heterocycles. The minimum atomic E-state index is -0.924. The van der Waals surface area contributed by atoms with E-state index in [-0.39, 0.29) is 24.5 Å². The third-order valence-corrected chi connectivity index (χ3v) is 3.25. The molecule has 2 amide bonds. The lowest BCUT2D eigenvalue weighted by Gasteiger charge is -2.18. The fourth-order valence-electron chi connectivity index (χ4n) is 2.18. The van der Waals surface area contributed by atoms with E-state index in [0.717, 1.165) is 11.3 Å². The van der Waals surface area contributed by atoms with Gasteiger partial charge in [-0.25, -0.2) is 4.79 Å². The number of carboxylic acid groups (broad SMARTS) is 1. The van der Waals surface area contributed by atoms with Crippen molar-refractivity contribution in [2.24, 2.45) is 0 Å². The minimum Gasteiger partial charge on any atom is -0.491 e. The van der Waals surface area contributed by atoms with Gasteiger partial charge < -0.3 is 20.5 Å². The maximum atomic E-state index is 11.9. The van der Waals surface area contributed by atoms with Gasteiger partial charge in [0.1, 0.15) is 12.4 Å². The topological polar surface area (TPSA) is 87.7 Å². The molecule has 0 spiro atoms. The van der Waals surface area contributed by atoms with Gasteiger partial charge in [-0.05, 0) is 12.5 Å². The maximum absolute atomic E-state index is 11.9. The molecule has 1 aromatic rings. The standard InChI is InChI=1S/C14H18N2O4/c1-2-9(7-13(17)18)15-14(19)16-11-8-20-12-6-4-3-5-10(11)12/h3-6,9,11H,2,7-8H2,1H3,(H,17,18)(H2,15,16,19). The Kier molecular flexibility index (Phi) is 4.45. The van der Waals surface area contributed by atoms with Crippen molar-refractivity contribution in [1.82, 2.24) is 10.6 Å². The molecule has 6 heteroatoms. The van der Waals surface area contributed by atoms with Gasteiger partial charge in [-0.1, -0.05) is 25.1 Å². The summed E-state index contributed by atoms with van der Waals surface area (Å²) in [5.74, 6) is -0.151. The summed E-state index contributed by atoms with van der Waals surface area (Å²) in [6.45, 7) is 2.23. The van der Waals surface area contributed by atoms with Crippen LogP contribution < -0.4 is 15.4 Å². The van der Waals surface area contributed by atoms with Crippen molar-refractivity contribution in [3.63, 3.8) is 0 Å². The highest BCUT2D eigenvalue weighted by Gasteiger charge is 2.25. The van der Waals surface area contributed by atoms with Gasteiger partial charge in [-0.3, -0.25) is 4.79 Å². The van der Waals surface area contributed by atoms with E-state index in [1.54, 1.807) is 0 Å². The van der Waals surface area contributed by atoms with Crippen LogP contribution in [-0.4, -0.2) is 29.8 Å². The van der Waals surface area contributed by atoms with E-state index < -0.39 is 5.97 Å². The van der Waals surface area contributed by atoms with Gasteiger partial charge in [0.25, 0.3) is 0 Å². The lowest BCUT2D eigenvalue weighted by Crippen LogP contribution is -2.44. The summed E-state index contributed by atoms with van der Waals surface area (Å²) < 4.78 is 5.47. The second-order valence-electron chi connectivity index (χ2n) is 4.72. The van der Waals surface area contributed by atoms with Crippen molar-refractivity contribution in [2.75, 3.05) is 6.61 Å². The molecule has 0 bridgehead atoms. The summed E-state index contributed by atoms with van der Waals surface area (Å²) in [5, 5.41) is 14.2. The fraction of sp³-hybridized carbons (Fsp3) is 0.429. The van der Waals surface area contributed by atoms with Gasteiger partial charge in [0.2, 0.25) is 0 Å². The zero-order chi connectivity index (χ0) is 14.5. The Balaban J connectivity index is 1.91. The van der Waals surface area contributed by atoms with Crippen LogP contribution in [-0.2, 0) is 4.79 Å². The van der Waals surface area contributed by atoms with Crippen molar-refractivity contribution in [3.05, 3.63) is 29.8 Å². The predicted molar refractivity (Wildman–Crippen MR) is 72.7 cm³/mol. The third-order valence-electron chi connectivity index (χ3n) is 3.25. The van der Waals surface area contributed by atoms with Crippen LogP contribution in [0.5, 0.6) is 5.75 Å². The summed E-state index contributed by atoms with van der Waals surface area (Å²) in [7, 11) is 0. The van der Waals surface area contributed by atoms with Gasteiger partial charge in [0.05, 0.1) is 12.5 Å². The molecule has 2 unspecified atom stereocenters. The smallest absolute Gasteiger partial charge is 0.315 e. The first-order chi connectivity index (χ1) is 9.60. The minimum absolute atomic E-state index is 0.0817. The highest BCUT2D eigenvalue weighted by atomic mass is 16.5. The zero-order valence-corrected chi connectivity index (χ0v) is 11.3. The monoisotopic (exact) mass is 278 g/mol. The number of fused-ring (bicyclic) bond motifs is 1. The van der Waals surface area contributed by atoms with Crippen LogP contribution in [0.2, 0.25) is 0 Å². The number of urea groups is 1. The van der Waals surface area contributed by atoms with E-state index in [0.29, 0.717) is 13.0 Å². The second kappa shape index (κ2) is 6.27. The van der Waals surface area contributed by atoms with Crippen LogP contribution in [0, 0.1) is 0 Å². The Bertz CT molecular complexity index is 504. The largest absolute Gasteiger partial charge is 0.491 e. The summed E-state index contributed by atoms with van der Waals surface area (Å²) >= 11 is 0. The average molecular weight is 278 g/mol. The van der Waals surface area contributed by atoms with Crippen molar-refractivity contribution >= 4 is 12.0 Å². The number of carbonyl (C=O) groups excluding carboxylic acids is 1. The molecule has 0 aromatic heterocycles. The number of ether oxygens (including phenoxy) is 1. The summed E-state index contributed by atoms with van der Waals surface area (Å²) in [4.78, 5) is 22.6. The molecular formula is C14H18N2O4. The molecule has 1 aliphatic rings. The molecule has 6 nitrogen and oxygen atoms in total. The van der Waals surface area contributed by atoms with Gasteiger partial charge in [0.15, 0.2) is 0 Å². The summed E-state index contributed by atoms with van der Waals surface area (Å²) in [5.41, 5.74) is 0.939. The highest BCUT2D eigenvalue weighted by molar-refractivity contribution is 5.76. The van der Waals surface area contributed by atoms with E-state index in [1.165, 1.54) is 0 Å². The number of hydrogen-bond acceptors (Lipinski definition) is 3. The Morgan fingerprint density at radius 3 is 2.90 bits per heavy atom. The number of nitrogens with one attached hydrogen (secondary N) is 2. The van der Waals surface area contributed by atoms with E-state index in [2.05, 4.69) is 10.6 Å². The van der Waals surface area contributed by atoms with E-state index in [4.69, 9.17) is 9.84 Å². The van der Waals surface area contributed by atoms with E-state index in [9.17, 15) is 9.59 Å². The molecule has 1 heterocycles. The molecule has 1 aromatic carbocycles. The van der Waals surface area contributed by atoms with Crippen LogP contribution in [0.15, 0.2) is 24.3 Å². The first-order valence-corrected chi connectivity index (χ1v) is 6.60. The number of carboxylic acids is 1. The molecule has 2 atom stereocenters. The van der Waals surface area contributed by atoms with E-state index in [1.807, 2.05) is 31.2 Å². The summed E-state index contributed by atoms with van der Waals surface area (Å²) in [6, 6.07) is 6.58. The third kappa shape index (κ3) is 3.40. The van der Waals surface area contributed by atoms with Crippen LogP contribution in [0.3, 0.4) is 0 Å². The van der Waals surface area contributed by atoms with Crippen molar-refractivity contribution in [1.29, 1.82) is 0 Å². The molecule has 0 radical (unpaired) electrons. The normalized spacial score (nSPS) is 17.8. The van der Waals surface area contributed by atoms with Crippen molar-refractivity contribution in [3.8, 4) is 5.75 Å². The van der Waals surface area contributed by atoms with Crippen LogP contribution in [0.4, 0.5) is 4.79 Å². The number of para-hydroxylation sites is 1. The SMILES string of the molecule is CCC(CC(=O)O)NC(=O)NC1COc2ccccc21. The highest BCUT2D eigenvalue weighted by Crippen LogP contribution is 2.31. The van der Waals surface area contributed by atoms with Crippen LogP contribution in [0.1, 0.15) is 31.4 Å². The van der Waals surface area contributed by atoms with Crippen LogP contribution in [0.25, 0.3) is 0 Å². The quantitative estimate of drug-likeness (QED) is 0.764. The molecule has 20 heavy (non-hydrogen) atoms. The number of aliphatic carboxylic acids is 1. The first-order valence-electron chi connectivity index (χ1n) is 6.60. The zero-order valence-electron chi connectivity index (χ0n) is 11.3. The van der Waals surface area contributed by atoms with Gasteiger partial charge in [0, 0.05) is 11.6 Å². The molecule has 3 N–H and O–H groups in total. The maximum Gasteiger partial charge on any atom is 0.315 e. The Morgan fingerprint density at radius 1 is 1.45 bits per heavy atom. The first kappa shape index (κ1) is 14.2. The van der Waals surface area contributed by atoms with Crippen LogP contribution >= 0.6 is 0 Å². The van der Waals surface area contributed by atoms with Gasteiger partial charge >= 0.3 is 12.0 Å². The number of carbonyl (C=O) groups is 2. The molecule has 2 rings (SSSR count). The number of rotatable bonds is 5. The Hall–Kier alpha value is -2.24. The molecule has 108 valence electrons. The Morgan fingerprint density at radius 2 is 2.20 bits per heavy atom. The lowest BCUT2D eigenvalue weighted by molar-refractivity contribution is -0.137. The number of benzene rings is 1. The lowest BCUT2D eigenvalue weighted by atomic mass is 10.1. The average Bonchev–Trinajstić information content (AvgIpc) is 2.81. The Labute approximate surface area is 117 Å². The fourth-order valence-corrected chi connectivity index (χ4v) is 2.18.